The van der Waals surface area contributed by atoms with Crippen LogP contribution in [0.5, 0.6) is 0 Å². The Morgan fingerprint density at radius 3 is 1.79 bits per heavy atom. The number of hydrogen-bond donors (Lipinski definition) is 1. The van der Waals surface area contributed by atoms with Gasteiger partial charge in [0.2, 0.25) is 0 Å². The van der Waals surface area contributed by atoms with Crippen molar-refractivity contribution in [2.24, 2.45) is 5.92 Å². The summed E-state index contributed by atoms with van der Waals surface area (Å²) in [6.45, 7) is 4.70. The Morgan fingerprint density at radius 1 is 0.793 bits per heavy atom. The van der Waals surface area contributed by atoms with Gasteiger partial charge in [-0.15, -0.1) is 0 Å². The summed E-state index contributed by atoms with van der Waals surface area (Å²) in [7, 11) is 0. The van der Waals surface area contributed by atoms with Crippen LogP contribution in [0.4, 0.5) is 0 Å². The molecule has 1 N–H and O–H groups in total. The van der Waals surface area contributed by atoms with Crippen molar-refractivity contribution in [3.05, 3.63) is 108 Å². The number of carbonyl (C=O) groups is 1. The topological polar surface area (TPSA) is 40.5 Å². The zero-order chi connectivity index (χ0) is 20.6. The molecule has 150 valence electrons. The van der Waals surface area contributed by atoms with E-state index in [9.17, 15) is 9.90 Å². The molecule has 0 saturated heterocycles. The molecule has 0 fully saturated rings. The van der Waals surface area contributed by atoms with Crippen LogP contribution in [0.2, 0.25) is 0 Å². The van der Waals surface area contributed by atoms with Gasteiger partial charge in [0.25, 0.3) is 0 Å². The van der Waals surface area contributed by atoms with Crippen molar-refractivity contribution in [2.45, 2.75) is 38.9 Å². The minimum Gasteiger partial charge on any atom is -0.481 e. The molecule has 0 amide bonds. The van der Waals surface area contributed by atoms with Gasteiger partial charge in [-0.25, -0.2) is 0 Å². The van der Waals surface area contributed by atoms with E-state index in [0.717, 1.165) is 5.56 Å². The quantitative estimate of drug-likeness (QED) is 0.521. The summed E-state index contributed by atoms with van der Waals surface area (Å²) in [5.41, 5.74) is 3.54. The van der Waals surface area contributed by atoms with Gasteiger partial charge in [0.1, 0.15) is 0 Å². The number of hydrogen-bond acceptors (Lipinski definition) is 2. The third-order valence-electron chi connectivity index (χ3n) is 5.67. The molecule has 0 aliphatic carbocycles. The van der Waals surface area contributed by atoms with Crippen LogP contribution in [-0.4, -0.2) is 22.0 Å². The van der Waals surface area contributed by atoms with Crippen LogP contribution in [0, 0.1) is 5.92 Å². The largest absolute Gasteiger partial charge is 0.481 e. The molecule has 0 bridgehead atoms. The van der Waals surface area contributed by atoms with Crippen LogP contribution in [-0.2, 0) is 17.8 Å². The Bertz CT molecular complexity index is 880. The Balaban J connectivity index is 1.99. The second kappa shape index (κ2) is 10.0. The van der Waals surface area contributed by atoms with E-state index in [0.29, 0.717) is 13.0 Å². The first-order valence-corrected chi connectivity index (χ1v) is 10.2. The summed E-state index contributed by atoms with van der Waals surface area (Å²) in [4.78, 5) is 14.4. The smallest absolute Gasteiger partial charge is 0.307 e. The van der Waals surface area contributed by atoms with Gasteiger partial charge >= 0.3 is 5.97 Å². The van der Waals surface area contributed by atoms with Gasteiger partial charge in [-0.2, -0.15) is 0 Å². The van der Waals surface area contributed by atoms with Crippen molar-refractivity contribution in [2.75, 3.05) is 0 Å². The summed E-state index contributed by atoms with van der Waals surface area (Å²) in [5.74, 6) is -1.26. The van der Waals surface area contributed by atoms with Crippen LogP contribution in [0.15, 0.2) is 91.0 Å². The van der Waals surface area contributed by atoms with E-state index in [1.807, 2.05) is 61.5 Å². The molecule has 29 heavy (non-hydrogen) atoms. The normalized spacial score (nSPS) is 14.3. The molecule has 0 saturated carbocycles. The van der Waals surface area contributed by atoms with Gasteiger partial charge in [0.05, 0.1) is 5.92 Å². The number of carboxylic acids is 1. The van der Waals surface area contributed by atoms with Crippen LogP contribution >= 0.6 is 0 Å². The summed E-state index contributed by atoms with van der Waals surface area (Å²) < 4.78 is 0. The number of aliphatic carboxylic acids is 1. The summed E-state index contributed by atoms with van der Waals surface area (Å²) in [6, 6.07) is 30.8. The third-order valence-corrected chi connectivity index (χ3v) is 5.67. The van der Waals surface area contributed by atoms with Crippen molar-refractivity contribution in [3.8, 4) is 0 Å². The minimum absolute atomic E-state index is 0.0897. The van der Waals surface area contributed by atoms with Crippen molar-refractivity contribution in [3.63, 3.8) is 0 Å². The maximum atomic E-state index is 12.0. The van der Waals surface area contributed by atoms with E-state index < -0.39 is 11.9 Å². The molecule has 3 aromatic rings. The van der Waals surface area contributed by atoms with E-state index in [1.165, 1.54) is 11.1 Å². The fourth-order valence-electron chi connectivity index (χ4n) is 3.86. The Morgan fingerprint density at radius 2 is 1.28 bits per heavy atom. The molecule has 0 radical (unpaired) electrons. The van der Waals surface area contributed by atoms with E-state index in [1.54, 1.807) is 0 Å². The molecule has 0 heterocycles. The molecule has 0 spiro atoms. The van der Waals surface area contributed by atoms with E-state index in [-0.39, 0.29) is 12.1 Å². The molecule has 0 aliphatic heterocycles. The molecular formula is C26H29NO2. The number of carboxylic acid groups (broad SMARTS) is 1. The standard InChI is InChI=1S/C26H29NO2/c1-20(26(28)29)25(18-22-12-6-3-7-13-22)27(19-23-14-8-4-9-15-23)21(2)24-16-10-5-11-17-24/h3-17,20-21,25H,18-19H2,1-2H3,(H,28,29). The first-order chi connectivity index (χ1) is 14.1. The first-order valence-electron chi connectivity index (χ1n) is 10.2. The van der Waals surface area contributed by atoms with Crippen molar-refractivity contribution in [1.29, 1.82) is 0 Å². The average Bonchev–Trinajstić information content (AvgIpc) is 2.77. The Labute approximate surface area is 173 Å². The van der Waals surface area contributed by atoms with Crippen LogP contribution in [0.3, 0.4) is 0 Å². The second-order valence-electron chi connectivity index (χ2n) is 7.63. The molecule has 3 rings (SSSR count). The van der Waals surface area contributed by atoms with Crippen LogP contribution in [0.1, 0.15) is 36.6 Å². The lowest BCUT2D eigenvalue weighted by Gasteiger charge is -2.39. The van der Waals surface area contributed by atoms with Crippen LogP contribution in [0.25, 0.3) is 0 Å². The predicted molar refractivity (Wildman–Crippen MR) is 118 cm³/mol. The molecule has 3 atom stereocenters. The highest BCUT2D eigenvalue weighted by molar-refractivity contribution is 5.70. The van der Waals surface area contributed by atoms with Crippen LogP contribution < -0.4 is 0 Å². The summed E-state index contributed by atoms with van der Waals surface area (Å²) in [6.07, 6.45) is 0.693. The lowest BCUT2D eigenvalue weighted by atomic mass is 9.90. The molecule has 3 unspecified atom stereocenters. The third kappa shape index (κ3) is 5.55. The highest BCUT2D eigenvalue weighted by atomic mass is 16.4. The molecular weight excluding hydrogens is 358 g/mol. The number of nitrogens with zero attached hydrogens (tertiary/aromatic N) is 1. The van der Waals surface area contributed by atoms with Gasteiger partial charge < -0.3 is 5.11 Å². The van der Waals surface area contributed by atoms with E-state index >= 15 is 0 Å². The first kappa shape index (κ1) is 20.8. The van der Waals surface area contributed by atoms with Gasteiger partial charge in [-0.3, -0.25) is 9.69 Å². The van der Waals surface area contributed by atoms with Gasteiger partial charge in [0.15, 0.2) is 0 Å². The highest BCUT2D eigenvalue weighted by Gasteiger charge is 2.32. The Hall–Kier alpha value is -2.91. The fourth-order valence-corrected chi connectivity index (χ4v) is 3.86. The molecule has 3 aromatic carbocycles. The lowest BCUT2D eigenvalue weighted by Crippen LogP contribution is -2.45. The maximum Gasteiger partial charge on any atom is 0.307 e. The van der Waals surface area contributed by atoms with Gasteiger partial charge in [0, 0.05) is 18.6 Å². The molecule has 3 nitrogen and oxygen atoms in total. The number of benzene rings is 3. The molecule has 0 aromatic heterocycles. The average molecular weight is 388 g/mol. The predicted octanol–water partition coefficient (Wildman–Crippen LogP) is 5.58. The molecule has 0 aliphatic rings. The minimum atomic E-state index is -0.760. The van der Waals surface area contributed by atoms with E-state index in [4.69, 9.17) is 0 Å². The zero-order valence-corrected chi connectivity index (χ0v) is 17.1. The van der Waals surface area contributed by atoms with Crippen molar-refractivity contribution >= 4 is 5.97 Å². The van der Waals surface area contributed by atoms with Crippen molar-refractivity contribution in [1.82, 2.24) is 4.90 Å². The van der Waals surface area contributed by atoms with Gasteiger partial charge in [-0.05, 0) is 30.0 Å². The summed E-state index contributed by atoms with van der Waals surface area (Å²) >= 11 is 0. The zero-order valence-electron chi connectivity index (χ0n) is 17.1. The summed E-state index contributed by atoms with van der Waals surface area (Å²) in [5, 5.41) is 9.87. The lowest BCUT2D eigenvalue weighted by molar-refractivity contribution is -0.144. The van der Waals surface area contributed by atoms with Crippen molar-refractivity contribution < 1.29 is 9.90 Å². The number of rotatable bonds is 9. The maximum absolute atomic E-state index is 12.0. The van der Waals surface area contributed by atoms with E-state index in [2.05, 4.69) is 48.2 Å². The monoisotopic (exact) mass is 387 g/mol. The highest BCUT2D eigenvalue weighted by Crippen LogP contribution is 2.30. The second-order valence-corrected chi connectivity index (χ2v) is 7.63. The van der Waals surface area contributed by atoms with Gasteiger partial charge in [-0.1, -0.05) is 97.9 Å². The fraction of sp³-hybridized carbons (Fsp3) is 0.269. The SMILES string of the molecule is CC(C(=O)O)C(Cc1ccccc1)N(Cc1ccccc1)C(C)c1ccccc1. The Kier molecular flexibility index (Phi) is 7.20. The molecule has 3 heteroatoms.